The molecular formula is C34H31N5S. The first-order valence-corrected chi connectivity index (χ1v) is 14.4. The van der Waals surface area contributed by atoms with Crippen LogP contribution in [0.5, 0.6) is 0 Å². The van der Waals surface area contributed by atoms with Crippen LogP contribution in [-0.2, 0) is 5.41 Å². The molecule has 0 aliphatic carbocycles. The van der Waals surface area contributed by atoms with Gasteiger partial charge in [0.2, 0.25) is 0 Å². The van der Waals surface area contributed by atoms with E-state index >= 15 is 0 Å². The zero-order valence-corrected chi connectivity index (χ0v) is 24.0. The third-order valence-corrected chi connectivity index (χ3v) is 8.56. The van der Waals surface area contributed by atoms with Crippen molar-refractivity contribution >= 4 is 50.9 Å². The molecule has 0 unspecified atom stereocenters. The van der Waals surface area contributed by atoms with E-state index in [1.165, 1.54) is 42.8 Å². The number of para-hydroxylation sites is 2. The lowest BCUT2D eigenvalue weighted by Crippen LogP contribution is -2.25. The second kappa shape index (κ2) is 9.42. The van der Waals surface area contributed by atoms with Gasteiger partial charge in [-0.1, -0.05) is 75.0 Å². The highest BCUT2D eigenvalue weighted by Crippen LogP contribution is 2.42. The molecule has 6 aromatic rings. The van der Waals surface area contributed by atoms with Crippen molar-refractivity contribution in [2.75, 3.05) is 23.5 Å². The van der Waals surface area contributed by atoms with Crippen molar-refractivity contribution in [2.45, 2.75) is 36.0 Å². The fourth-order valence-electron chi connectivity index (χ4n) is 5.57. The van der Waals surface area contributed by atoms with Crippen LogP contribution in [0, 0.1) is 0 Å². The van der Waals surface area contributed by atoms with Gasteiger partial charge in [-0.25, -0.2) is 9.97 Å². The Labute approximate surface area is 239 Å². The minimum atomic E-state index is 0.00578. The van der Waals surface area contributed by atoms with Gasteiger partial charge >= 0.3 is 0 Å². The predicted molar refractivity (Wildman–Crippen MR) is 167 cm³/mol. The lowest BCUT2D eigenvalue weighted by molar-refractivity contribution is 0.588. The molecule has 1 aliphatic rings. The Kier molecular flexibility index (Phi) is 5.82. The summed E-state index contributed by atoms with van der Waals surface area (Å²) < 4.78 is 2.38. The molecule has 7 rings (SSSR count). The van der Waals surface area contributed by atoms with Crippen LogP contribution in [0.15, 0.2) is 113 Å². The quantitative estimate of drug-likeness (QED) is 0.223. The van der Waals surface area contributed by atoms with Gasteiger partial charge in [-0.05, 0) is 59.5 Å². The van der Waals surface area contributed by atoms with Gasteiger partial charge in [-0.15, -0.1) is 0 Å². The summed E-state index contributed by atoms with van der Waals surface area (Å²) in [7, 11) is 2.07. The largest absolute Gasteiger partial charge is 0.338 e. The van der Waals surface area contributed by atoms with E-state index in [0.29, 0.717) is 0 Å². The van der Waals surface area contributed by atoms with E-state index in [9.17, 15) is 0 Å². The first-order chi connectivity index (χ1) is 19.4. The molecule has 40 heavy (non-hydrogen) atoms. The third kappa shape index (κ3) is 4.20. The van der Waals surface area contributed by atoms with Crippen LogP contribution >= 0.6 is 11.8 Å². The number of aromatic nitrogens is 3. The fourth-order valence-corrected chi connectivity index (χ4v) is 6.51. The van der Waals surface area contributed by atoms with Crippen LogP contribution in [0.2, 0.25) is 0 Å². The molecule has 2 aromatic heterocycles. The van der Waals surface area contributed by atoms with Gasteiger partial charge in [0.1, 0.15) is 0 Å². The summed E-state index contributed by atoms with van der Waals surface area (Å²) in [6, 6.07) is 33.1. The summed E-state index contributed by atoms with van der Waals surface area (Å²) >= 11 is 1.81. The van der Waals surface area contributed by atoms with Crippen molar-refractivity contribution in [2.24, 2.45) is 0 Å². The van der Waals surface area contributed by atoms with Gasteiger partial charge in [0, 0.05) is 51.4 Å². The van der Waals surface area contributed by atoms with Crippen molar-refractivity contribution in [3.63, 3.8) is 0 Å². The molecule has 0 atom stereocenters. The molecule has 4 aromatic carbocycles. The highest BCUT2D eigenvalue weighted by Gasteiger charge is 2.28. The maximum atomic E-state index is 4.68. The zero-order valence-electron chi connectivity index (χ0n) is 23.2. The molecule has 5 nitrogen and oxygen atoms in total. The van der Waals surface area contributed by atoms with E-state index in [1.807, 2.05) is 11.8 Å². The van der Waals surface area contributed by atoms with E-state index in [0.717, 1.165) is 24.0 Å². The summed E-state index contributed by atoms with van der Waals surface area (Å²) in [5, 5.41) is 2.54. The van der Waals surface area contributed by atoms with E-state index in [2.05, 4.69) is 143 Å². The maximum Gasteiger partial charge on any atom is 0.178 e. The molecule has 0 saturated carbocycles. The van der Waals surface area contributed by atoms with E-state index in [-0.39, 0.29) is 5.41 Å². The summed E-state index contributed by atoms with van der Waals surface area (Å²) in [6.45, 7) is 7.54. The molecular weight excluding hydrogens is 510 g/mol. The number of anilines is 3. The smallest absolute Gasteiger partial charge is 0.178 e. The van der Waals surface area contributed by atoms with Crippen molar-refractivity contribution in [3.05, 3.63) is 109 Å². The molecule has 198 valence electrons. The Morgan fingerprint density at radius 1 is 0.675 bits per heavy atom. The predicted octanol–water partition coefficient (Wildman–Crippen LogP) is 8.57. The first-order valence-electron chi connectivity index (χ1n) is 13.6. The number of nitrogens with zero attached hydrogens (tertiary/aromatic N) is 5. The lowest BCUT2D eigenvalue weighted by atomic mass is 9.87. The Morgan fingerprint density at radius 2 is 1.40 bits per heavy atom. The van der Waals surface area contributed by atoms with Crippen LogP contribution in [0.25, 0.3) is 27.5 Å². The summed E-state index contributed by atoms with van der Waals surface area (Å²) in [6.07, 6.45) is 3.53. The average Bonchev–Trinajstić information content (AvgIpc) is 3.47. The molecule has 0 spiro atoms. The van der Waals surface area contributed by atoms with Crippen molar-refractivity contribution in [3.8, 4) is 5.69 Å². The van der Waals surface area contributed by atoms with Gasteiger partial charge in [-0.3, -0.25) is 0 Å². The zero-order chi connectivity index (χ0) is 27.4. The Hall–Kier alpha value is -4.29. The third-order valence-electron chi connectivity index (χ3n) is 7.60. The van der Waals surface area contributed by atoms with Gasteiger partial charge in [-0.2, -0.15) is 0 Å². The standard InChI is InChI=1S/C34H31N5S/c1-34(2,3)23-18-25(38-22-37(4)32-33(38)36-17-16-35-32)20-27(19-23)40-26-14-15-29-28-12-8-9-13-30(28)39(31(29)21-26)24-10-6-5-7-11-24/h5-21H,22H2,1-4H3. The second-order valence-corrected chi connectivity index (χ2v) is 12.6. The Balaban J connectivity index is 1.34. The molecule has 1 aliphatic heterocycles. The van der Waals surface area contributed by atoms with Crippen molar-refractivity contribution in [1.82, 2.24) is 14.5 Å². The number of rotatable bonds is 4. The SMILES string of the molecule is CN1CN(c2cc(Sc3ccc4c5ccccc5n(-c5ccccc5)c4c3)cc(C(C)(C)C)c2)c2nccnc21. The molecule has 0 N–H and O–H groups in total. The topological polar surface area (TPSA) is 37.2 Å². The summed E-state index contributed by atoms with van der Waals surface area (Å²) in [4.78, 5) is 16.1. The summed E-state index contributed by atoms with van der Waals surface area (Å²) in [5.41, 5.74) is 6.06. The number of hydrogen-bond acceptors (Lipinski definition) is 5. The molecule has 0 saturated heterocycles. The van der Waals surface area contributed by atoms with E-state index < -0.39 is 0 Å². The minimum Gasteiger partial charge on any atom is -0.338 e. The van der Waals surface area contributed by atoms with Gasteiger partial charge in [0.25, 0.3) is 0 Å². The number of benzene rings is 4. The van der Waals surface area contributed by atoms with E-state index in [1.54, 1.807) is 12.4 Å². The molecule has 0 fully saturated rings. The monoisotopic (exact) mass is 541 g/mol. The molecule has 0 radical (unpaired) electrons. The van der Waals surface area contributed by atoms with Crippen molar-refractivity contribution < 1.29 is 0 Å². The minimum absolute atomic E-state index is 0.00578. The van der Waals surface area contributed by atoms with Gasteiger partial charge in [0.05, 0.1) is 17.7 Å². The van der Waals surface area contributed by atoms with Crippen LogP contribution in [0.1, 0.15) is 26.3 Å². The van der Waals surface area contributed by atoms with Crippen LogP contribution < -0.4 is 9.80 Å². The van der Waals surface area contributed by atoms with Gasteiger partial charge in [0.15, 0.2) is 11.6 Å². The average molecular weight is 542 g/mol. The van der Waals surface area contributed by atoms with Gasteiger partial charge < -0.3 is 14.4 Å². The molecule has 0 amide bonds. The fraction of sp³-hybridized carbons (Fsp3) is 0.176. The maximum absolute atomic E-state index is 4.68. The highest BCUT2D eigenvalue weighted by atomic mass is 32.2. The van der Waals surface area contributed by atoms with Crippen LogP contribution in [0.3, 0.4) is 0 Å². The normalized spacial score (nSPS) is 13.4. The summed E-state index contributed by atoms with van der Waals surface area (Å²) in [5.74, 6) is 1.82. The lowest BCUT2D eigenvalue weighted by Gasteiger charge is -2.25. The van der Waals surface area contributed by atoms with E-state index in [4.69, 9.17) is 0 Å². The first kappa shape index (κ1) is 24.7. The molecule has 6 heteroatoms. The van der Waals surface area contributed by atoms with Crippen LogP contribution in [-0.4, -0.2) is 28.3 Å². The number of fused-ring (bicyclic) bond motifs is 4. The Morgan fingerprint density at radius 3 is 2.20 bits per heavy atom. The Bertz CT molecular complexity index is 1870. The number of hydrogen-bond donors (Lipinski definition) is 0. The molecule has 0 bridgehead atoms. The van der Waals surface area contributed by atoms with Crippen LogP contribution in [0.4, 0.5) is 17.3 Å². The van der Waals surface area contributed by atoms with Crippen molar-refractivity contribution in [1.29, 1.82) is 0 Å². The highest BCUT2D eigenvalue weighted by molar-refractivity contribution is 7.99. The molecule has 3 heterocycles. The second-order valence-electron chi connectivity index (χ2n) is 11.4.